The van der Waals surface area contributed by atoms with Gasteiger partial charge in [-0.2, -0.15) is 26.3 Å². The number of esters is 2. The highest BCUT2D eigenvalue weighted by Crippen LogP contribution is 2.56. The fourth-order valence-corrected chi connectivity index (χ4v) is 4.22. The molecule has 39 heavy (non-hydrogen) atoms. The van der Waals surface area contributed by atoms with E-state index >= 15 is 0 Å². The molecule has 0 radical (unpaired) electrons. The van der Waals surface area contributed by atoms with Crippen LogP contribution < -0.4 is 0 Å². The van der Waals surface area contributed by atoms with Gasteiger partial charge in [-0.15, -0.1) is 0 Å². The van der Waals surface area contributed by atoms with Gasteiger partial charge in [0.2, 0.25) is 17.2 Å². The third kappa shape index (κ3) is 5.14. The predicted molar refractivity (Wildman–Crippen MR) is 122 cm³/mol. The molecule has 0 spiro atoms. The maximum atomic E-state index is 14.6. The molecule has 0 saturated heterocycles. The van der Waals surface area contributed by atoms with E-state index in [-0.39, 0.29) is 47.2 Å². The van der Waals surface area contributed by atoms with Crippen LogP contribution >= 0.6 is 0 Å². The molecule has 0 atom stereocenters. The summed E-state index contributed by atoms with van der Waals surface area (Å²) in [5.41, 5.74) is -7.73. The van der Waals surface area contributed by atoms with Crippen molar-refractivity contribution >= 4 is 34.1 Å². The maximum absolute atomic E-state index is 14.6. The number of carbonyl (C=O) groups is 2. The summed E-state index contributed by atoms with van der Waals surface area (Å²) in [7, 11) is 0. The first-order valence-corrected chi connectivity index (χ1v) is 11.5. The van der Waals surface area contributed by atoms with Gasteiger partial charge < -0.3 is 18.3 Å². The first-order valence-electron chi connectivity index (χ1n) is 11.5. The second-order valence-corrected chi connectivity index (χ2v) is 8.29. The van der Waals surface area contributed by atoms with E-state index in [1.165, 1.54) is 0 Å². The fourth-order valence-electron chi connectivity index (χ4n) is 4.22. The normalized spacial score (nSPS) is 12.7. The molecule has 0 bridgehead atoms. The largest absolute Gasteiger partial charge is 0.466 e. The third-order valence-electron chi connectivity index (χ3n) is 5.78. The molecular formula is C25H20F6N2O6. The molecule has 4 aromatic rings. The predicted octanol–water partition coefficient (Wildman–Crippen LogP) is 5.59. The summed E-state index contributed by atoms with van der Waals surface area (Å²) >= 11 is 0. The van der Waals surface area contributed by atoms with E-state index in [1.807, 2.05) is 0 Å². The van der Waals surface area contributed by atoms with Crippen molar-refractivity contribution in [2.24, 2.45) is 0 Å². The average Bonchev–Trinajstić information content (AvgIpc) is 3.39. The van der Waals surface area contributed by atoms with Crippen LogP contribution in [0.4, 0.5) is 26.3 Å². The van der Waals surface area contributed by atoms with E-state index < -0.39 is 53.7 Å². The van der Waals surface area contributed by atoms with Crippen molar-refractivity contribution in [3.8, 4) is 0 Å². The van der Waals surface area contributed by atoms with Crippen LogP contribution in [0.3, 0.4) is 0 Å². The molecule has 0 fully saturated rings. The zero-order chi connectivity index (χ0) is 28.6. The van der Waals surface area contributed by atoms with Crippen LogP contribution in [-0.2, 0) is 37.3 Å². The summed E-state index contributed by atoms with van der Waals surface area (Å²) in [5, 5.41) is 0. The molecule has 0 saturated carbocycles. The monoisotopic (exact) mass is 558 g/mol. The van der Waals surface area contributed by atoms with Crippen LogP contribution in [0.15, 0.2) is 45.2 Å². The van der Waals surface area contributed by atoms with E-state index in [1.54, 1.807) is 13.8 Å². The van der Waals surface area contributed by atoms with Gasteiger partial charge >= 0.3 is 24.3 Å². The summed E-state index contributed by atoms with van der Waals surface area (Å²) in [6.07, 6.45) is -12.7. The van der Waals surface area contributed by atoms with Gasteiger partial charge in [-0.05, 0) is 49.2 Å². The fraction of sp³-hybridized carbons (Fsp3) is 0.360. The number of halogens is 6. The van der Waals surface area contributed by atoms with Crippen molar-refractivity contribution in [3.63, 3.8) is 0 Å². The number of aromatic nitrogens is 2. The third-order valence-corrected chi connectivity index (χ3v) is 5.78. The molecule has 2 aromatic carbocycles. The molecular weight excluding hydrogens is 538 g/mol. The number of fused-ring (bicyclic) bond motifs is 2. The lowest BCUT2D eigenvalue weighted by atomic mass is 9.72. The van der Waals surface area contributed by atoms with E-state index in [4.69, 9.17) is 18.3 Å². The van der Waals surface area contributed by atoms with Gasteiger partial charge in [-0.25, -0.2) is 9.97 Å². The molecule has 4 rings (SSSR count). The zero-order valence-corrected chi connectivity index (χ0v) is 20.4. The molecule has 208 valence electrons. The number of benzene rings is 2. The second-order valence-electron chi connectivity index (χ2n) is 8.29. The van der Waals surface area contributed by atoms with Crippen LogP contribution in [-0.4, -0.2) is 47.5 Å². The lowest BCUT2D eigenvalue weighted by Crippen LogP contribution is -2.54. The smallest absolute Gasteiger partial charge is 0.411 e. The van der Waals surface area contributed by atoms with Gasteiger partial charge in [0, 0.05) is 0 Å². The Morgan fingerprint density at radius 3 is 1.44 bits per heavy atom. The molecule has 2 aromatic heterocycles. The molecule has 0 aliphatic carbocycles. The Kier molecular flexibility index (Phi) is 7.32. The Morgan fingerprint density at radius 1 is 0.718 bits per heavy atom. The van der Waals surface area contributed by atoms with Crippen molar-refractivity contribution in [2.75, 3.05) is 13.2 Å². The Hall–Kier alpha value is -4.10. The van der Waals surface area contributed by atoms with Crippen molar-refractivity contribution in [2.45, 2.75) is 44.5 Å². The van der Waals surface area contributed by atoms with Crippen LogP contribution in [0.5, 0.6) is 0 Å². The molecule has 2 heterocycles. The van der Waals surface area contributed by atoms with Crippen molar-refractivity contribution in [3.05, 3.63) is 59.3 Å². The molecule has 0 amide bonds. The highest BCUT2D eigenvalue weighted by molar-refractivity contribution is 5.79. The number of hydrogen-bond acceptors (Lipinski definition) is 8. The lowest BCUT2D eigenvalue weighted by Gasteiger charge is -2.38. The molecule has 0 unspecified atom stereocenters. The second kappa shape index (κ2) is 10.2. The van der Waals surface area contributed by atoms with Crippen molar-refractivity contribution in [1.29, 1.82) is 0 Å². The van der Waals surface area contributed by atoms with E-state index in [0.717, 1.165) is 12.1 Å². The van der Waals surface area contributed by atoms with E-state index in [9.17, 15) is 35.9 Å². The van der Waals surface area contributed by atoms with Crippen LogP contribution in [0, 0.1) is 0 Å². The molecule has 0 aliphatic heterocycles. The summed E-state index contributed by atoms with van der Waals surface area (Å²) in [6.45, 7) is 3.23. The van der Waals surface area contributed by atoms with E-state index in [0.29, 0.717) is 24.3 Å². The minimum Gasteiger partial charge on any atom is -0.466 e. The van der Waals surface area contributed by atoms with Crippen LogP contribution in [0.25, 0.3) is 22.2 Å². The average molecular weight is 558 g/mol. The molecule has 0 N–H and O–H groups in total. The maximum Gasteiger partial charge on any atom is 0.411 e. The Labute approximate surface area is 215 Å². The number of rotatable bonds is 8. The molecule has 14 heteroatoms. The molecule has 8 nitrogen and oxygen atoms in total. The summed E-state index contributed by atoms with van der Waals surface area (Å²) in [4.78, 5) is 31.2. The number of ether oxygens (including phenoxy) is 2. The SMILES string of the molecule is CCOC(=O)Cc1nc2cc(C(c3ccc4oc(CC(=O)OCC)nc4c3)(C(F)(F)F)C(F)(F)F)ccc2o1. The minimum absolute atomic E-state index is 0.0586. The summed E-state index contributed by atoms with van der Waals surface area (Å²) < 4.78 is 108. The van der Waals surface area contributed by atoms with Gasteiger partial charge in [-0.1, -0.05) is 12.1 Å². The van der Waals surface area contributed by atoms with Crippen LogP contribution in [0.2, 0.25) is 0 Å². The lowest BCUT2D eigenvalue weighted by molar-refractivity contribution is -0.288. The zero-order valence-electron chi connectivity index (χ0n) is 20.4. The van der Waals surface area contributed by atoms with Gasteiger partial charge in [-0.3, -0.25) is 9.59 Å². The number of carbonyl (C=O) groups excluding carboxylic acids is 2. The van der Waals surface area contributed by atoms with Crippen molar-refractivity contribution < 1.29 is 54.2 Å². The highest BCUT2D eigenvalue weighted by Gasteiger charge is 2.72. The Morgan fingerprint density at radius 2 is 1.10 bits per heavy atom. The Bertz CT molecular complexity index is 1410. The van der Waals surface area contributed by atoms with Crippen molar-refractivity contribution in [1.82, 2.24) is 9.97 Å². The summed E-state index contributed by atoms with van der Waals surface area (Å²) in [5.74, 6) is -1.92. The standard InChI is InChI=1S/C25H20F6N2O6/c1-3-36-21(34)11-19-32-15-9-13(5-7-17(15)38-19)23(24(26,27)28,25(29,30)31)14-6-8-18-16(10-14)33-20(39-18)12-22(35)37-4-2/h5-10H,3-4,11-12H2,1-2H3. The number of hydrogen-bond donors (Lipinski definition) is 0. The first-order chi connectivity index (χ1) is 18.3. The van der Waals surface area contributed by atoms with Gasteiger partial charge in [0.1, 0.15) is 23.9 Å². The van der Waals surface area contributed by atoms with Gasteiger partial charge in [0.05, 0.1) is 13.2 Å². The first kappa shape index (κ1) is 27.9. The van der Waals surface area contributed by atoms with Gasteiger partial charge in [0.25, 0.3) is 0 Å². The van der Waals surface area contributed by atoms with Crippen LogP contribution in [0.1, 0.15) is 36.8 Å². The number of alkyl halides is 6. The quantitative estimate of drug-likeness (QED) is 0.204. The van der Waals surface area contributed by atoms with E-state index in [2.05, 4.69) is 9.97 Å². The topological polar surface area (TPSA) is 105 Å². The Balaban J connectivity index is 1.86. The number of oxazole rings is 2. The molecule has 0 aliphatic rings. The highest BCUT2D eigenvalue weighted by atomic mass is 19.4. The number of nitrogens with zero attached hydrogens (tertiary/aromatic N) is 2. The van der Waals surface area contributed by atoms with Gasteiger partial charge in [0.15, 0.2) is 11.2 Å². The minimum atomic E-state index is -5.87. The summed E-state index contributed by atoms with van der Waals surface area (Å²) in [6, 6.07) is 4.36.